The van der Waals surface area contributed by atoms with E-state index < -0.39 is 0 Å². The predicted octanol–water partition coefficient (Wildman–Crippen LogP) is 11.5. The number of fused-ring (bicyclic) bond motifs is 7. The molecule has 0 atom stereocenters. The summed E-state index contributed by atoms with van der Waals surface area (Å²) in [7, 11) is 0. The van der Waals surface area contributed by atoms with Crippen LogP contribution in [0.5, 0.6) is 0 Å². The quantitative estimate of drug-likeness (QED) is 0.195. The van der Waals surface area contributed by atoms with Gasteiger partial charge in [0.05, 0.1) is 22.1 Å². The Bertz CT molecular complexity index is 2850. The van der Waals surface area contributed by atoms with Gasteiger partial charge in [0.15, 0.2) is 5.82 Å². The lowest BCUT2D eigenvalue weighted by atomic mass is 9.81. The minimum absolute atomic E-state index is 0.183. The monoisotopic (exact) mass is 611 g/mol. The highest BCUT2D eigenvalue weighted by Gasteiger charge is 2.40. The number of para-hydroxylation sites is 2. The van der Waals surface area contributed by atoms with Crippen molar-refractivity contribution < 1.29 is 0 Å². The number of hydrogen-bond donors (Lipinski definition) is 0. The van der Waals surface area contributed by atoms with Crippen molar-refractivity contribution in [3.63, 3.8) is 0 Å². The van der Waals surface area contributed by atoms with Gasteiger partial charge in [0, 0.05) is 27.3 Å². The minimum Gasteiger partial charge on any atom is -0.292 e. The van der Waals surface area contributed by atoms with Crippen LogP contribution in [0.1, 0.15) is 25.0 Å². The summed E-state index contributed by atoms with van der Waals surface area (Å²) in [6.45, 7) is 4.76. The van der Waals surface area contributed by atoms with E-state index >= 15 is 0 Å². The summed E-state index contributed by atoms with van der Waals surface area (Å²) in [6.07, 6.45) is 0. The second-order valence-electron chi connectivity index (χ2n) is 13.7. The van der Waals surface area contributed by atoms with Crippen molar-refractivity contribution in [2.75, 3.05) is 0 Å². The van der Waals surface area contributed by atoms with E-state index in [1.807, 2.05) is 12.1 Å². The molecule has 0 spiro atoms. The maximum Gasteiger partial charge on any atom is 0.165 e. The first-order valence-corrected chi connectivity index (χ1v) is 16.7. The SMILES string of the molecule is CC1(C)c2ccccc2-c2c1cc1c3c2-c2cccc4cccc(c24)-c2cccc(c23)n1-c1nc2ccccc2nc1-c1ccccc1. The molecule has 224 valence electrons. The number of rotatable bonds is 2. The molecular weight excluding hydrogens is 583 g/mol. The van der Waals surface area contributed by atoms with Crippen LogP contribution in [0.4, 0.5) is 0 Å². The molecule has 0 radical (unpaired) electrons. The van der Waals surface area contributed by atoms with Gasteiger partial charge < -0.3 is 0 Å². The molecule has 2 aliphatic carbocycles. The highest BCUT2D eigenvalue weighted by Crippen LogP contribution is 2.59. The Labute approximate surface area is 277 Å². The molecule has 3 nitrogen and oxygen atoms in total. The van der Waals surface area contributed by atoms with Crippen molar-refractivity contribution >= 4 is 43.6 Å². The zero-order valence-corrected chi connectivity index (χ0v) is 26.6. The van der Waals surface area contributed by atoms with Crippen LogP contribution >= 0.6 is 0 Å². The predicted molar refractivity (Wildman–Crippen MR) is 199 cm³/mol. The first-order chi connectivity index (χ1) is 23.6. The van der Waals surface area contributed by atoms with Crippen molar-refractivity contribution in [2.24, 2.45) is 0 Å². The van der Waals surface area contributed by atoms with E-state index in [-0.39, 0.29) is 5.41 Å². The standard InChI is InChI=1S/C45H29N3/c1-45(2)32-21-7-6-17-30(32)39-33(45)25-37-42-40-29(28-18-10-15-26-16-11-20-31(38(26)28)41(39)42)19-12-24-36(40)48(37)44-43(27-13-4-3-5-14-27)46-34-22-8-9-23-35(34)47-44/h3-25H,1-2H3. The van der Waals surface area contributed by atoms with Crippen LogP contribution < -0.4 is 0 Å². The Morgan fingerprint density at radius 3 is 1.94 bits per heavy atom. The smallest absolute Gasteiger partial charge is 0.165 e. The number of nitrogens with zero attached hydrogens (tertiary/aromatic N) is 3. The summed E-state index contributed by atoms with van der Waals surface area (Å²) in [6, 6.07) is 50.6. The van der Waals surface area contributed by atoms with Gasteiger partial charge in [0.2, 0.25) is 0 Å². The maximum atomic E-state index is 5.45. The number of hydrogen-bond acceptors (Lipinski definition) is 2. The number of aromatic nitrogens is 3. The highest BCUT2D eigenvalue weighted by molar-refractivity contribution is 6.30. The molecule has 0 saturated heterocycles. The minimum atomic E-state index is -0.183. The average molecular weight is 612 g/mol. The molecule has 0 bridgehead atoms. The molecule has 2 heterocycles. The molecule has 2 aromatic heterocycles. The van der Waals surface area contributed by atoms with Crippen LogP contribution in [-0.4, -0.2) is 14.5 Å². The Kier molecular flexibility index (Phi) is 4.91. The van der Waals surface area contributed by atoms with Gasteiger partial charge >= 0.3 is 0 Å². The van der Waals surface area contributed by atoms with Gasteiger partial charge in [-0.15, -0.1) is 0 Å². The zero-order chi connectivity index (χ0) is 31.7. The van der Waals surface area contributed by atoms with Crippen molar-refractivity contribution in [1.29, 1.82) is 0 Å². The number of benzene rings is 7. The van der Waals surface area contributed by atoms with E-state index in [4.69, 9.17) is 9.97 Å². The first kappa shape index (κ1) is 26.1. The summed E-state index contributed by atoms with van der Waals surface area (Å²) in [5.74, 6) is 0.850. The summed E-state index contributed by atoms with van der Waals surface area (Å²) in [4.78, 5) is 10.8. The molecule has 0 fully saturated rings. The lowest BCUT2D eigenvalue weighted by molar-refractivity contribution is 0.661. The lowest BCUT2D eigenvalue weighted by Gasteiger charge is -2.23. The molecule has 2 aliphatic rings. The van der Waals surface area contributed by atoms with Gasteiger partial charge in [0.25, 0.3) is 0 Å². The van der Waals surface area contributed by atoms with Gasteiger partial charge in [0.1, 0.15) is 5.69 Å². The summed E-state index contributed by atoms with van der Waals surface area (Å²) in [5, 5.41) is 5.14. The van der Waals surface area contributed by atoms with Gasteiger partial charge in [-0.25, -0.2) is 9.97 Å². The van der Waals surface area contributed by atoms with Crippen LogP contribution in [0.15, 0.2) is 140 Å². The normalized spacial score (nSPS) is 13.8. The van der Waals surface area contributed by atoms with Gasteiger partial charge in [-0.05, 0) is 74.0 Å². The molecule has 9 aromatic rings. The largest absolute Gasteiger partial charge is 0.292 e. The van der Waals surface area contributed by atoms with E-state index in [1.54, 1.807) is 0 Å². The van der Waals surface area contributed by atoms with Crippen LogP contribution in [-0.2, 0) is 5.41 Å². The van der Waals surface area contributed by atoms with E-state index in [2.05, 4.69) is 146 Å². The molecule has 11 rings (SSSR count). The van der Waals surface area contributed by atoms with E-state index in [0.717, 1.165) is 33.6 Å². The third kappa shape index (κ3) is 3.18. The van der Waals surface area contributed by atoms with Crippen LogP contribution in [0.25, 0.3) is 94.1 Å². The maximum absolute atomic E-state index is 5.45. The van der Waals surface area contributed by atoms with E-state index in [1.165, 1.54) is 71.6 Å². The average Bonchev–Trinajstić information content (AvgIpc) is 3.53. The second kappa shape index (κ2) is 9.05. The second-order valence-corrected chi connectivity index (χ2v) is 13.7. The van der Waals surface area contributed by atoms with E-state index in [9.17, 15) is 0 Å². The fourth-order valence-corrected chi connectivity index (χ4v) is 8.81. The van der Waals surface area contributed by atoms with Crippen molar-refractivity contribution in [3.05, 3.63) is 151 Å². The molecule has 0 saturated carbocycles. The third-order valence-electron chi connectivity index (χ3n) is 10.9. The Balaban J connectivity index is 1.42. The first-order valence-electron chi connectivity index (χ1n) is 16.7. The molecular formula is C45H29N3. The van der Waals surface area contributed by atoms with Crippen LogP contribution in [0.3, 0.4) is 0 Å². The van der Waals surface area contributed by atoms with Gasteiger partial charge in [-0.3, -0.25) is 4.57 Å². The molecule has 7 aromatic carbocycles. The summed E-state index contributed by atoms with van der Waals surface area (Å²) >= 11 is 0. The summed E-state index contributed by atoms with van der Waals surface area (Å²) < 4.78 is 2.41. The molecule has 48 heavy (non-hydrogen) atoms. The van der Waals surface area contributed by atoms with Crippen LogP contribution in [0.2, 0.25) is 0 Å². The van der Waals surface area contributed by atoms with Crippen molar-refractivity contribution in [1.82, 2.24) is 14.5 Å². The summed E-state index contributed by atoms with van der Waals surface area (Å²) in [5.41, 5.74) is 16.4. The Morgan fingerprint density at radius 1 is 0.479 bits per heavy atom. The van der Waals surface area contributed by atoms with Gasteiger partial charge in [-0.2, -0.15) is 0 Å². The van der Waals surface area contributed by atoms with Crippen LogP contribution in [0, 0.1) is 0 Å². The topological polar surface area (TPSA) is 30.7 Å². The fourth-order valence-electron chi connectivity index (χ4n) is 8.81. The van der Waals surface area contributed by atoms with Crippen molar-refractivity contribution in [2.45, 2.75) is 19.3 Å². The van der Waals surface area contributed by atoms with Crippen molar-refractivity contribution in [3.8, 4) is 50.5 Å². The molecule has 0 unspecified atom stereocenters. The zero-order valence-electron chi connectivity index (χ0n) is 26.6. The van der Waals surface area contributed by atoms with E-state index in [0.29, 0.717) is 0 Å². The lowest BCUT2D eigenvalue weighted by Crippen LogP contribution is -2.15. The fraction of sp³-hybridized carbons (Fsp3) is 0.0667. The Hall–Kier alpha value is -6.06. The molecule has 0 N–H and O–H groups in total. The molecule has 0 aliphatic heterocycles. The Morgan fingerprint density at radius 2 is 1.12 bits per heavy atom. The molecule has 0 amide bonds. The van der Waals surface area contributed by atoms with Gasteiger partial charge in [-0.1, -0.05) is 129 Å². The highest BCUT2D eigenvalue weighted by atomic mass is 15.1. The molecule has 3 heteroatoms. The third-order valence-corrected chi connectivity index (χ3v) is 10.9.